The zero-order valence-corrected chi connectivity index (χ0v) is 82.7. The summed E-state index contributed by atoms with van der Waals surface area (Å²) in [6, 6.07) is 55.8. The molecule has 0 radical (unpaired) electrons. The summed E-state index contributed by atoms with van der Waals surface area (Å²) in [4.78, 5) is 141. The highest BCUT2D eigenvalue weighted by Gasteiger charge is 2.55. The second-order valence-corrected chi connectivity index (χ2v) is 40.7. The third-order valence-electron chi connectivity index (χ3n) is 30.8. The molecule has 144 heavy (non-hydrogen) atoms. The zero-order valence-electron chi connectivity index (χ0n) is 82.7. The summed E-state index contributed by atoms with van der Waals surface area (Å²) in [5.41, 5.74) is 26.2. The molecule has 0 bridgehead atoms. The number of amides is 6. The molecular formula is C113H118N24O7. The van der Waals surface area contributed by atoms with E-state index in [1.807, 2.05) is 127 Å². The van der Waals surface area contributed by atoms with Crippen LogP contribution in [-0.2, 0) is 69.5 Å². The number of anilines is 3. The lowest BCUT2D eigenvalue weighted by atomic mass is 9.85. The van der Waals surface area contributed by atoms with Crippen LogP contribution in [0, 0.1) is 30.1 Å². The Morgan fingerprint density at radius 1 is 0.354 bits per heavy atom. The predicted octanol–water partition coefficient (Wildman–Crippen LogP) is 13.3. The summed E-state index contributed by atoms with van der Waals surface area (Å²) >= 11 is 0. The second kappa shape index (κ2) is 39.3. The highest BCUT2D eigenvalue weighted by atomic mass is 16.5. The molecular weight excluding hydrogens is 1810 g/mol. The first kappa shape index (κ1) is 93.9. The maximum absolute atomic E-state index is 14.0. The molecule has 3 atom stereocenters. The van der Waals surface area contributed by atoms with Crippen molar-refractivity contribution >= 4 is 86.4 Å². The molecule has 0 N–H and O–H groups in total. The molecule has 0 saturated carbocycles. The van der Waals surface area contributed by atoms with E-state index in [0.717, 1.165) is 184 Å². The van der Waals surface area contributed by atoms with Gasteiger partial charge in [0.2, 0.25) is 41.3 Å². The van der Waals surface area contributed by atoms with Crippen LogP contribution < -0.4 is 19.4 Å². The van der Waals surface area contributed by atoms with E-state index in [9.17, 15) is 28.8 Å². The van der Waals surface area contributed by atoms with Crippen molar-refractivity contribution in [1.29, 1.82) is 0 Å². The monoisotopic (exact) mass is 1920 g/mol. The lowest BCUT2D eigenvalue weighted by molar-refractivity contribution is -0.133. The number of ether oxygens (including phenoxy) is 1. The maximum atomic E-state index is 14.0. The van der Waals surface area contributed by atoms with Gasteiger partial charge in [0.25, 0.3) is 0 Å². The highest BCUT2D eigenvalue weighted by Crippen LogP contribution is 2.48. The first-order valence-electron chi connectivity index (χ1n) is 50.4. The number of aromatic nitrogens is 12. The Morgan fingerprint density at radius 2 is 0.674 bits per heavy atom. The van der Waals surface area contributed by atoms with Crippen LogP contribution in [0.1, 0.15) is 150 Å². The van der Waals surface area contributed by atoms with Crippen LogP contribution in [0.25, 0.3) is 50.9 Å². The van der Waals surface area contributed by atoms with Gasteiger partial charge in [0.15, 0.2) is 17.5 Å². The topological polar surface area (TPSA) is 309 Å². The van der Waals surface area contributed by atoms with Gasteiger partial charge in [0.1, 0.15) is 19.0 Å². The Bertz CT molecular complexity index is 6950. The Morgan fingerprint density at radius 3 is 0.965 bits per heavy atom. The third kappa shape index (κ3) is 19.1. The molecule has 6 amide bonds. The molecule has 6 aromatic carbocycles. The van der Waals surface area contributed by atoms with Crippen molar-refractivity contribution in [2.45, 2.75) is 111 Å². The molecule has 24 rings (SSSR count). The molecule has 6 aromatic heterocycles. The zero-order chi connectivity index (χ0) is 98.7. The van der Waals surface area contributed by atoms with E-state index >= 15 is 0 Å². The van der Waals surface area contributed by atoms with Crippen LogP contribution in [0.2, 0.25) is 0 Å². The smallest absolute Gasteiger partial charge is 0.237 e. The number of pyridine rings is 3. The third-order valence-corrected chi connectivity index (χ3v) is 30.8. The van der Waals surface area contributed by atoms with E-state index in [0.29, 0.717) is 141 Å². The molecule has 0 aliphatic carbocycles. The SMILES string of the molecule is CC(C)Oc1ccc(C2=NCc3ccc(N4CC[C@]5(CCN(CC(=O)N6CC=C(c7ccc(-c8ncn(C)n8)cc7)CC6)C5)C4=O)cc32)cn1.Cc1cc(C2=NCc3ccc(N4CC[C@@]5(CCN(CC(=O)N6CC=C(c7ccc(-c8ncn(C)n8)cc7)CC6)C5)C4=O)cc32)ccn1.Cc1cc(C2=NCc3ccc(N4CC[C@]5(CCN(CC(=O)N6CC=C(c7ccc(-c8ncn(C)n8)cc7)CC6)C5)C4=O)cc32)ccn1. The van der Waals surface area contributed by atoms with Gasteiger partial charge in [-0.05, 0) is 222 Å². The molecule has 12 aromatic rings. The summed E-state index contributed by atoms with van der Waals surface area (Å²) in [6.07, 6.45) is 24.3. The first-order valence-corrected chi connectivity index (χ1v) is 50.4. The summed E-state index contributed by atoms with van der Waals surface area (Å²) in [7, 11) is 5.59. The van der Waals surface area contributed by atoms with E-state index < -0.39 is 16.2 Å². The first-order chi connectivity index (χ1) is 69.9. The van der Waals surface area contributed by atoms with Gasteiger partial charge in [-0.25, -0.2) is 19.9 Å². The number of carbonyl (C=O) groups is 6. The van der Waals surface area contributed by atoms with Gasteiger partial charge >= 0.3 is 0 Å². The molecule has 0 unspecified atom stereocenters. The van der Waals surface area contributed by atoms with Crippen molar-refractivity contribution in [2.75, 3.05) is 133 Å². The Kier molecular flexibility index (Phi) is 25.6. The van der Waals surface area contributed by atoms with Crippen molar-refractivity contribution in [2.24, 2.45) is 52.4 Å². The number of rotatable bonds is 20. The van der Waals surface area contributed by atoms with Crippen LogP contribution in [0.3, 0.4) is 0 Å². The van der Waals surface area contributed by atoms with Crippen molar-refractivity contribution < 1.29 is 33.5 Å². The van der Waals surface area contributed by atoms with E-state index in [4.69, 9.17) is 19.7 Å². The molecule has 31 nitrogen and oxygen atoms in total. The van der Waals surface area contributed by atoms with Gasteiger partial charge in [-0.3, -0.25) is 82.5 Å². The van der Waals surface area contributed by atoms with Gasteiger partial charge in [-0.15, -0.1) is 0 Å². The standard InChI is InChI=1S/C39H42N8O3.2C37H38N8O2/c1-26(2)50-34-11-9-31(22-40-34)36-33-20-32(10-8-30(33)21-41-36)47-19-15-39(38(47)49)14-18-45(24-39)23-35(48)46-16-12-28(13-17-46)27-4-6-29(7-5-27)37-42-25-44(3)43-37;2*1-25-19-29(9-14-38-25)34-32-20-31(8-7-30(32)21-39-34)45-18-13-37(36(45)47)12-17-43(23-37)22-33(46)44-15-10-27(11-16-44)26-3-5-28(6-4-26)35-40-24-42(2)41-35/h4-12,20,22,25-26H,13-19,21,23-24H2,1-3H3;2*3-10,14,19-20,24H,11-13,15-18,21-23H2,1-2H3/t39-;2*37-/m010/s1. The van der Waals surface area contributed by atoms with Gasteiger partial charge in [-0.1, -0.05) is 109 Å². The van der Waals surface area contributed by atoms with Crippen LogP contribution >= 0.6 is 0 Å². The van der Waals surface area contributed by atoms with Crippen molar-refractivity contribution in [1.82, 2.24) is 88.6 Å². The van der Waals surface area contributed by atoms with Gasteiger partial charge < -0.3 is 34.1 Å². The fourth-order valence-corrected chi connectivity index (χ4v) is 22.9. The van der Waals surface area contributed by atoms with Crippen LogP contribution in [-0.4, -0.2) is 265 Å². The maximum Gasteiger partial charge on any atom is 0.237 e. The minimum Gasteiger partial charge on any atom is -0.475 e. The molecule has 6 fully saturated rings. The number of fused-ring (bicyclic) bond motifs is 3. The molecule has 18 heterocycles. The molecule has 12 aliphatic rings. The van der Waals surface area contributed by atoms with Gasteiger partial charge in [0.05, 0.1) is 78.8 Å². The highest BCUT2D eigenvalue weighted by molar-refractivity contribution is 6.18. The number of hydrogen-bond donors (Lipinski definition) is 0. The minimum atomic E-state index is -0.446. The largest absolute Gasteiger partial charge is 0.475 e. The van der Waals surface area contributed by atoms with Crippen molar-refractivity contribution in [3.05, 3.63) is 298 Å². The Labute approximate surface area is 837 Å². The van der Waals surface area contributed by atoms with E-state index in [1.165, 1.54) is 39.0 Å². The molecule has 31 heteroatoms. The summed E-state index contributed by atoms with van der Waals surface area (Å²) in [5, 5.41) is 13.1. The van der Waals surface area contributed by atoms with Gasteiger partial charge in [0, 0.05) is 203 Å². The second-order valence-electron chi connectivity index (χ2n) is 40.7. The number of aliphatic imine (C=N–C) groups is 3. The van der Waals surface area contributed by atoms with E-state index in [-0.39, 0.29) is 41.5 Å². The molecule has 732 valence electrons. The normalized spacial score (nSPS) is 20.8. The quantitative estimate of drug-likeness (QED) is 0.0684. The van der Waals surface area contributed by atoms with Crippen molar-refractivity contribution in [3.8, 4) is 40.0 Å². The molecule has 3 spiro atoms. The molecule has 6 saturated heterocycles. The number of benzene rings is 6. The summed E-state index contributed by atoms with van der Waals surface area (Å²) in [6.45, 7) is 21.0. The molecule has 12 aliphatic heterocycles. The predicted molar refractivity (Wildman–Crippen MR) is 554 cm³/mol. The summed E-state index contributed by atoms with van der Waals surface area (Å²) in [5.74, 6) is 3.65. The van der Waals surface area contributed by atoms with Crippen molar-refractivity contribution in [3.63, 3.8) is 0 Å². The minimum absolute atomic E-state index is 0.0578. The number of hydrogen-bond acceptors (Lipinski definition) is 22. The number of aryl methyl sites for hydroxylation is 5. The fraction of sp³-hybridized carbons (Fsp3) is 0.363. The average Bonchev–Trinajstić information content (AvgIpc) is 1.60. The van der Waals surface area contributed by atoms with E-state index in [2.05, 4.69) is 212 Å². The number of carbonyl (C=O) groups excluding carboxylic acids is 6. The van der Waals surface area contributed by atoms with Crippen LogP contribution in [0.5, 0.6) is 5.88 Å². The number of likely N-dealkylation sites (tertiary alicyclic amines) is 3. The lowest BCUT2D eigenvalue weighted by Crippen LogP contribution is -2.43. The van der Waals surface area contributed by atoms with Gasteiger partial charge in [-0.2, -0.15) is 15.3 Å². The average molecular weight is 1920 g/mol. The van der Waals surface area contributed by atoms with Crippen LogP contribution in [0.4, 0.5) is 17.1 Å². The summed E-state index contributed by atoms with van der Waals surface area (Å²) < 4.78 is 10.8. The number of nitrogens with zero attached hydrogens (tertiary/aromatic N) is 24. The Hall–Kier alpha value is -15.1. The fourth-order valence-electron chi connectivity index (χ4n) is 22.9. The van der Waals surface area contributed by atoms with Crippen LogP contribution in [0.15, 0.2) is 235 Å². The van der Waals surface area contributed by atoms with E-state index in [1.54, 1.807) is 33.0 Å². The lowest BCUT2D eigenvalue weighted by Gasteiger charge is -2.29. The Balaban J connectivity index is 0.000000123.